The average molecular weight is 299 g/mol. The third kappa shape index (κ3) is 11.4. The zero-order valence-corrected chi connectivity index (χ0v) is 12.6. The maximum Gasteiger partial charge on any atom is 0.140 e. The number of quaternary nitrogens is 1. The molecule has 1 rings (SSSR count). The summed E-state index contributed by atoms with van der Waals surface area (Å²) in [6.07, 6.45) is -1.34. The van der Waals surface area contributed by atoms with Crippen molar-refractivity contribution in [2.24, 2.45) is 0 Å². The van der Waals surface area contributed by atoms with E-state index in [1.54, 1.807) is 18.2 Å². The van der Waals surface area contributed by atoms with Crippen LogP contribution in [0.4, 0.5) is 10.5 Å². The molecule has 0 aliphatic carbocycles. The number of carbonyl (C=O) groups is 1. The number of nitrogens with zero attached hydrogens (tertiary/aromatic N) is 1. The highest BCUT2D eigenvalue weighted by molar-refractivity contribution is 6.30. The summed E-state index contributed by atoms with van der Waals surface area (Å²) in [5, 5.41) is 20.8. The van der Waals surface area contributed by atoms with Gasteiger partial charge < -0.3 is 24.8 Å². The van der Waals surface area contributed by atoms with Crippen LogP contribution in [-0.2, 0) is 0 Å². The van der Waals surface area contributed by atoms with Gasteiger partial charge in [0.15, 0.2) is 0 Å². The standard InChI is InChI=1S/C7H6ClNO2.C7H14NO/c8-5-2-1-3-6(4-5)9-7(10)11;1-8(2,3)6-4-5-7-9/h1-4,9H,(H,10,11);9H,6-7H2,1-3H3/q;+1/p-1. The molecule has 5 nitrogen and oxygen atoms in total. The minimum Gasteiger partial charge on any atom is -0.530 e. The van der Waals surface area contributed by atoms with E-state index in [1.807, 2.05) is 0 Å². The minimum atomic E-state index is -1.34. The number of halogens is 1. The van der Waals surface area contributed by atoms with Crippen LogP contribution in [0.25, 0.3) is 0 Å². The molecule has 6 heteroatoms. The topological polar surface area (TPSA) is 72.4 Å². The first-order chi connectivity index (χ1) is 9.24. The van der Waals surface area contributed by atoms with Crippen LogP contribution in [0.2, 0.25) is 5.02 Å². The largest absolute Gasteiger partial charge is 0.530 e. The molecule has 0 aromatic heterocycles. The highest BCUT2D eigenvalue weighted by Crippen LogP contribution is 2.14. The van der Waals surface area contributed by atoms with Gasteiger partial charge in [-0.3, -0.25) is 0 Å². The van der Waals surface area contributed by atoms with Gasteiger partial charge in [0, 0.05) is 10.7 Å². The second-order valence-corrected chi connectivity index (χ2v) is 5.32. The number of carbonyl (C=O) groups excluding carboxylic acids is 1. The van der Waals surface area contributed by atoms with Gasteiger partial charge in [0.1, 0.15) is 19.2 Å². The lowest BCUT2D eigenvalue weighted by molar-refractivity contribution is -0.862. The normalized spacial score (nSPS) is 9.65. The Morgan fingerprint density at radius 3 is 2.50 bits per heavy atom. The van der Waals surface area contributed by atoms with Crippen molar-refractivity contribution in [1.29, 1.82) is 0 Å². The van der Waals surface area contributed by atoms with Gasteiger partial charge in [-0.05, 0) is 24.1 Å². The quantitative estimate of drug-likeness (QED) is 0.626. The number of aliphatic hydroxyl groups excluding tert-OH is 1. The van der Waals surface area contributed by atoms with Gasteiger partial charge >= 0.3 is 0 Å². The fourth-order valence-electron chi connectivity index (χ4n) is 1.03. The summed E-state index contributed by atoms with van der Waals surface area (Å²) in [5.74, 6) is 5.44. The van der Waals surface area contributed by atoms with Crippen molar-refractivity contribution in [3.8, 4) is 11.8 Å². The highest BCUT2D eigenvalue weighted by atomic mass is 35.5. The van der Waals surface area contributed by atoms with Crippen molar-refractivity contribution in [3.05, 3.63) is 29.3 Å². The summed E-state index contributed by atoms with van der Waals surface area (Å²) < 4.78 is 0.826. The van der Waals surface area contributed by atoms with Crippen LogP contribution in [0.3, 0.4) is 0 Å². The number of nitrogens with one attached hydrogen (secondary N) is 1. The Hall–Kier alpha value is -1.74. The van der Waals surface area contributed by atoms with Crippen molar-refractivity contribution in [3.63, 3.8) is 0 Å². The van der Waals surface area contributed by atoms with Crippen LogP contribution >= 0.6 is 11.6 Å². The molecule has 1 aromatic rings. The summed E-state index contributed by atoms with van der Waals surface area (Å²) in [4.78, 5) is 10.0. The molecule has 1 aromatic carbocycles. The molecule has 2 N–H and O–H groups in total. The Bertz CT molecular complexity index is 487. The highest BCUT2D eigenvalue weighted by Gasteiger charge is 2.00. The molecule has 0 spiro atoms. The molecule has 1 amide bonds. The van der Waals surface area contributed by atoms with E-state index in [4.69, 9.17) is 16.7 Å². The molecule has 0 fully saturated rings. The van der Waals surface area contributed by atoms with E-state index >= 15 is 0 Å². The Morgan fingerprint density at radius 2 is 2.05 bits per heavy atom. The summed E-state index contributed by atoms with van der Waals surface area (Å²) in [5.41, 5.74) is 0.414. The number of rotatable bonds is 2. The Morgan fingerprint density at radius 1 is 1.40 bits per heavy atom. The van der Waals surface area contributed by atoms with E-state index in [9.17, 15) is 9.90 Å². The molecule has 0 heterocycles. The average Bonchev–Trinajstić information content (AvgIpc) is 2.27. The summed E-state index contributed by atoms with van der Waals surface area (Å²) in [7, 11) is 6.18. The minimum absolute atomic E-state index is 0.0278. The van der Waals surface area contributed by atoms with Gasteiger partial charge in [0.25, 0.3) is 0 Å². The van der Waals surface area contributed by atoms with Gasteiger partial charge in [-0.2, -0.15) is 0 Å². The van der Waals surface area contributed by atoms with E-state index in [0.717, 1.165) is 11.0 Å². The van der Waals surface area contributed by atoms with Gasteiger partial charge in [-0.1, -0.05) is 23.6 Å². The maximum atomic E-state index is 10.0. The summed E-state index contributed by atoms with van der Waals surface area (Å²) in [6, 6.07) is 6.38. The molecular weight excluding hydrogens is 280 g/mol. The molecule has 0 aliphatic rings. The number of benzene rings is 1. The van der Waals surface area contributed by atoms with Crippen LogP contribution in [0.5, 0.6) is 0 Å². The predicted octanol–water partition coefficient (Wildman–Crippen LogP) is 0.784. The fraction of sp³-hybridized carbons (Fsp3) is 0.357. The number of hydrogen-bond acceptors (Lipinski definition) is 3. The number of aliphatic hydroxyl groups is 1. The Balaban J connectivity index is 0.000000370. The van der Waals surface area contributed by atoms with Crippen LogP contribution in [0.1, 0.15) is 0 Å². The molecule has 0 aliphatic heterocycles. The van der Waals surface area contributed by atoms with Crippen molar-refractivity contribution in [2.45, 2.75) is 0 Å². The van der Waals surface area contributed by atoms with Gasteiger partial charge in [0.2, 0.25) is 0 Å². The maximum absolute atomic E-state index is 10.0. The Labute approximate surface area is 124 Å². The van der Waals surface area contributed by atoms with Crippen LogP contribution in [0, 0.1) is 11.8 Å². The smallest absolute Gasteiger partial charge is 0.140 e. The SMILES string of the molecule is C[N+](C)(C)CC#CCO.O=C([O-])Nc1cccc(Cl)c1. The molecule has 0 atom stereocenters. The fourth-order valence-corrected chi connectivity index (χ4v) is 1.22. The lowest BCUT2D eigenvalue weighted by Crippen LogP contribution is -2.34. The second-order valence-electron chi connectivity index (χ2n) is 4.88. The van der Waals surface area contributed by atoms with E-state index in [2.05, 4.69) is 38.3 Å². The Kier molecular flexibility index (Phi) is 8.41. The monoisotopic (exact) mass is 298 g/mol. The summed E-state index contributed by atoms with van der Waals surface area (Å²) in [6.45, 7) is 0.764. The third-order valence-corrected chi connectivity index (χ3v) is 2.06. The molecule has 0 unspecified atom stereocenters. The van der Waals surface area contributed by atoms with Gasteiger partial charge in [-0.25, -0.2) is 0 Å². The van der Waals surface area contributed by atoms with Crippen LogP contribution < -0.4 is 10.4 Å². The van der Waals surface area contributed by atoms with E-state index in [0.29, 0.717) is 10.7 Å². The van der Waals surface area contributed by atoms with Crippen molar-refractivity contribution >= 4 is 23.4 Å². The van der Waals surface area contributed by atoms with E-state index in [-0.39, 0.29) is 6.61 Å². The van der Waals surface area contributed by atoms with Crippen molar-refractivity contribution in [1.82, 2.24) is 0 Å². The first-order valence-corrected chi connectivity index (χ1v) is 6.23. The van der Waals surface area contributed by atoms with E-state index in [1.165, 1.54) is 6.07 Å². The number of carboxylic acid groups (broad SMARTS) is 1. The molecular formula is C14H19ClN2O3. The summed E-state index contributed by atoms with van der Waals surface area (Å²) >= 11 is 5.57. The molecule has 0 bridgehead atoms. The van der Waals surface area contributed by atoms with Crippen LogP contribution in [0.15, 0.2) is 24.3 Å². The zero-order valence-electron chi connectivity index (χ0n) is 11.8. The molecule has 20 heavy (non-hydrogen) atoms. The first-order valence-electron chi connectivity index (χ1n) is 5.85. The van der Waals surface area contributed by atoms with Gasteiger partial charge in [-0.15, -0.1) is 0 Å². The number of anilines is 1. The third-order valence-electron chi connectivity index (χ3n) is 1.83. The predicted molar refractivity (Wildman–Crippen MR) is 78.2 cm³/mol. The second kappa shape index (κ2) is 9.21. The number of hydrogen-bond donors (Lipinski definition) is 2. The van der Waals surface area contributed by atoms with Crippen molar-refractivity contribution < 1.29 is 19.5 Å². The zero-order chi connectivity index (χ0) is 15.6. The lowest BCUT2D eigenvalue weighted by Gasteiger charge is -2.19. The van der Waals surface area contributed by atoms with Gasteiger partial charge in [0.05, 0.1) is 21.1 Å². The first kappa shape index (κ1) is 18.3. The van der Waals surface area contributed by atoms with Crippen LogP contribution in [-0.4, -0.2) is 50.0 Å². The molecule has 0 saturated carbocycles. The van der Waals surface area contributed by atoms with Crippen molar-refractivity contribution in [2.75, 3.05) is 39.6 Å². The molecule has 0 saturated heterocycles. The number of amides is 1. The lowest BCUT2D eigenvalue weighted by atomic mass is 10.3. The molecule has 110 valence electrons. The van der Waals surface area contributed by atoms with E-state index < -0.39 is 6.09 Å². The molecule has 0 radical (unpaired) electrons.